The van der Waals surface area contributed by atoms with Gasteiger partial charge in [-0.2, -0.15) is 9.61 Å². The van der Waals surface area contributed by atoms with Crippen LogP contribution in [0.5, 0.6) is 5.75 Å². The first-order chi connectivity index (χ1) is 16.5. The van der Waals surface area contributed by atoms with E-state index >= 15 is 0 Å². The van der Waals surface area contributed by atoms with E-state index in [0.29, 0.717) is 6.54 Å². The Bertz CT molecular complexity index is 1340. The van der Waals surface area contributed by atoms with Crippen LogP contribution in [0.1, 0.15) is 47.8 Å². The van der Waals surface area contributed by atoms with E-state index in [1.165, 1.54) is 23.4 Å². The van der Waals surface area contributed by atoms with E-state index < -0.39 is 0 Å². The maximum atomic E-state index is 13.5. The third kappa shape index (κ3) is 3.91. The molecular formula is C28H31FN4O. The van der Waals surface area contributed by atoms with Crippen LogP contribution in [-0.4, -0.2) is 28.3 Å². The first-order valence-corrected chi connectivity index (χ1v) is 12.1. The third-order valence-corrected chi connectivity index (χ3v) is 6.72. The minimum Gasteiger partial charge on any atom is -0.497 e. The highest BCUT2D eigenvalue weighted by molar-refractivity contribution is 5.83. The molecule has 6 heteroatoms. The highest BCUT2D eigenvalue weighted by Gasteiger charge is 2.27. The standard InChI is InChI=1S/C28H31FN4O/c1-5-15-32(17-20-9-11-21(29)12-10-20)28-24-7-6-8-25(24)30-27-26(19(3)31-33(27)28)23-14-13-22(34-4)16-18(23)2/h9-14,16H,5-8,15,17H2,1-4H3. The number of fused-ring (bicyclic) bond motifs is 2. The van der Waals surface area contributed by atoms with Crippen LogP contribution in [0.15, 0.2) is 42.5 Å². The van der Waals surface area contributed by atoms with Crippen LogP contribution in [0.3, 0.4) is 0 Å². The number of halogens is 1. The molecule has 0 saturated carbocycles. The van der Waals surface area contributed by atoms with Crippen LogP contribution in [-0.2, 0) is 19.4 Å². The summed E-state index contributed by atoms with van der Waals surface area (Å²) in [5.41, 5.74) is 8.77. The van der Waals surface area contributed by atoms with Gasteiger partial charge >= 0.3 is 0 Å². The van der Waals surface area contributed by atoms with E-state index in [4.69, 9.17) is 14.8 Å². The Morgan fingerprint density at radius 2 is 1.88 bits per heavy atom. The topological polar surface area (TPSA) is 42.7 Å². The lowest BCUT2D eigenvalue weighted by Gasteiger charge is -2.27. The number of hydrogen-bond acceptors (Lipinski definition) is 4. The summed E-state index contributed by atoms with van der Waals surface area (Å²) < 4.78 is 21.0. The zero-order chi connectivity index (χ0) is 23.8. The van der Waals surface area contributed by atoms with Crippen molar-refractivity contribution in [1.82, 2.24) is 14.6 Å². The summed E-state index contributed by atoms with van der Waals surface area (Å²) in [6.07, 6.45) is 4.10. The smallest absolute Gasteiger partial charge is 0.165 e. The number of aromatic nitrogens is 3. The lowest BCUT2D eigenvalue weighted by atomic mass is 10.0. The van der Waals surface area contributed by atoms with Gasteiger partial charge in [0.05, 0.1) is 12.8 Å². The van der Waals surface area contributed by atoms with Crippen LogP contribution in [0.2, 0.25) is 0 Å². The van der Waals surface area contributed by atoms with E-state index in [1.54, 1.807) is 7.11 Å². The van der Waals surface area contributed by atoms with Gasteiger partial charge in [-0.1, -0.05) is 25.1 Å². The molecule has 1 aliphatic carbocycles. The second-order valence-corrected chi connectivity index (χ2v) is 9.14. The van der Waals surface area contributed by atoms with Gasteiger partial charge < -0.3 is 9.64 Å². The highest BCUT2D eigenvalue weighted by Crippen LogP contribution is 2.38. The highest BCUT2D eigenvalue weighted by atomic mass is 19.1. The predicted octanol–water partition coefficient (Wildman–Crippen LogP) is 6.07. The Balaban J connectivity index is 1.70. The van der Waals surface area contributed by atoms with Gasteiger partial charge in [0.1, 0.15) is 17.4 Å². The molecule has 0 spiro atoms. The molecule has 0 atom stereocenters. The number of hydrogen-bond donors (Lipinski definition) is 0. The first kappa shape index (κ1) is 22.4. The Labute approximate surface area is 200 Å². The Morgan fingerprint density at radius 3 is 2.59 bits per heavy atom. The molecule has 0 N–H and O–H groups in total. The molecule has 5 nitrogen and oxygen atoms in total. The second kappa shape index (κ2) is 9.09. The molecule has 5 rings (SSSR count). The van der Waals surface area contributed by atoms with Gasteiger partial charge in [-0.3, -0.25) is 0 Å². The number of nitrogens with zero attached hydrogens (tertiary/aromatic N) is 4. The average molecular weight is 459 g/mol. The molecule has 0 aliphatic heterocycles. The van der Waals surface area contributed by atoms with Crippen molar-refractivity contribution < 1.29 is 9.13 Å². The number of benzene rings is 2. The fraction of sp³-hybridized carbons (Fsp3) is 0.357. The van der Waals surface area contributed by atoms with Crippen LogP contribution >= 0.6 is 0 Å². The predicted molar refractivity (Wildman–Crippen MR) is 134 cm³/mol. The third-order valence-electron chi connectivity index (χ3n) is 6.72. The van der Waals surface area contributed by atoms with E-state index in [9.17, 15) is 4.39 Å². The van der Waals surface area contributed by atoms with Crippen molar-refractivity contribution in [2.75, 3.05) is 18.6 Å². The van der Waals surface area contributed by atoms with E-state index in [2.05, 4.69) is 42.3 Å². The summed E-state index contributed by atoms with van der Waals surface area (Å²) in [5.74, 6) is 1.77. The first-order valence-electron chi connectivity index (χ1n) is 12.1. The molecule has 0 saturated heterocycles. The fourth-order valence-corrected chi connectivity index (χ4v) is 5.14. The molecule has 0 radical (unpaired) electrons. The van der Waals surface area contributed by atoms with Crippen molar-refractivity contribution in [3.05, 3.63) is 76.4 Å². The SMILES string of the molecule is CCCN(Cc1ccc(F)cc1)c1c2c(nc3c(-c4ccc(OC)cc4C)c(C)nn13)CCC2. The number of anilines is 1. The van der Waals surface area contributed by atoms with E-state index in [0.717, 1.165) is 77.4 Å². The second-order valence-electron chi connectivity index (χ2n) is 9.14. The van der Waals surface area contributed by atoms with Crippen molar-refractivity contribution in [3.8, 4) is 16.9 Å². The van der Waals surface area contributed by atoms with Crippen molar-refractivity contribution in [2.24, 2.45) is 0 Å². The van der Waals surface area contributed by atoms with Gasteiger partial charge in [-0.15, -0.1) is 0 Å². The molecule has 2 aromatic carbocycles. The van der Waals surface area contributed by atoms with Crippen molar-refractivity contribution in [3.63, 3.8) is 0 Å². The van der Waals surface area contributed by atoms with Crippen molar-refractivity contribution in [1.29, 1.82) is 0 Å². The average Bonchev–Trinajstić information content (AvgIpc) is 3.42. The number of aryl methyl sites for hydroxylation is 3. The zero-order valence-corrected chi connectivity index (χ0v) is 20.4. The van der Waals surface area contributed by atoms with Gasteiger partial charge in [0, 0.05) is 29.9 Å². The quantitative estimate of drug-likeness (QED) is 0.337. The summed E-state index contributed by atoms with van der Waals surface area (Å²) in [7, 11) is 1.69. The molecule has 2 aromatic heterocycles. The zero-order valence-electron chi connectivity index (χ0n) is 20.4. The fourth-order valence-electron chi connectivity index (χ4n) is 5.14. The van der Waals surface area contributed by atoms with Gasteiger partial charge in [0.25, 0.3) is 0 Å². The van der Waals surface area contributed by atoms with Crippen LogP contribution < -0.4 is 9.64 Å². The molecule has 0 unspecified atom stereocenters. The minimum absolute atomic E-state index is 0.208. The van der Waals surface area contributed by atoms with E-state index in [1.807, 2.05) is 18.2 Å². The number of ether oxygens (including phenoxy) is 1. The summed E-state index contributed by atoms with van der Waals surface area (Å²) in [6.45, 7) is 7.95. The lowest BCUT2D eigenvalue weighted by Crippen LogP contribution is -2.27. The molecule has 2 heterocycles. The number of rotatable bonds is 7. The molecular weight excluding hydrogens is 427 g/mol. The largest absolute Gasteiger partial charge is 0.497 e. The van der Waals surface area contributed by atoms with Crippen molar-refractivity contribution in [2.45, 2.75) is 53.0 Å². The molecule has 4 aromatic rings. The summed E-state index contributed by atoms with van der Waals surface area (Å²) in [5, 5.41) is 5.03. The van der Waals surface area contributed by atoms with Gasteiger partial charge in [0.2, 0.25) is 0 Å². The molecule has 0 fully saturated rings. The Morgan fingerprint density at radius 1 is 1.09 bits per heavy atom. The van der Waals surface area contributed by atoms with Crippen LogP contribution in [0.4, 0.5) is 10.2 Å². The molecule has 0 amide bonds. The summed E-state index contributed by atoms with van der Waals surface area (Å²) >= 11 is 0. The normalized spacial score (nSPS) is 12.9. The maximum absolute atomic E-state index is 13.5. The molecule has 34 heavy (non-hydrogen) atoms. The minimum atomic E-state index is -0.208. The lowest BCUT2D eigenvalue weighted by molar-refractivity contribution is 0.414. The van der Waals surface area contributed by atoms with Crippen molar-refractivity contribution >= 4 is 11.5 Å². The van der Waals surface area contributed by atoms with Gasteiger partial charge in [-0.25, -0.2) is 9.37 Å². The molecule has 1 aliphatic rings. The number of methoxy groups -OCH3 is 1. The van der Waals surface area contributed by atoms with E-state index in [-0.39, 0.29) is 5.82 Å². The van der Waals surface area contributed by atoms with Crippen LogP contribution in [0.25, 0.3) is 16.8 Å². The molecule has 176 valence electrons. The maximum Gasteiger partial charge on any atom is 0.165 e. The Kier molecular flexibility index (Phi) is 5.98. The van der Waals surface area contributed by atoms with Gasteiger partial charge in [0.15, 0.2) is 5.65 Å². The molecule has 0 bridgehead atoms. The Hall–Kier alpha value is -3.41. The van der Waals surface area contributed by atoms with Gasteiger partial charge in [-0.05, 0) is 80.5 Å². The summed E-state index contributed by atoms with van der Waals surface area (Å²) in [4.78, 5) is 7.54. The van der Waals surface area contributed by atoms with Crippen LogP contribution in [0, 0.1) is 19.7 Å². The summed E-state index contributed by atoms with van der Waals surface area (Å²) in [6, 6.07) is 13.0. The monoisotopic (exact) mass is 458 g/mol.